The molecule has 2 aromatic rings. The summed E-state index contributed by atoms with van der Waals surface area (Å²) in [7, 11) is 0. The predicted octanol–water partition coefficient (Wildman–Crippen LogP) is 3.15. The molecule has 2 aromatic heterocycles. The molecule has 0 amide bonds. The Morgan fingerprint density at radius 1 is 1.26 bits per heavy atom. The van der Waals surface area contributed by atoms with E-state index in [9.17, 15) is 13.2 Å². The van der Waals surface area contributed by atoms with Gasteiger partial charge >= 0.3 is 6.18 Å². The molecule has 3 heterocycles. The Balaban J connectivity index is 2.05. The van der Waals surface area contributed by atoms with Crippen LogP contribution in [0.1, 0.15) is 31.1 Å². The van der Waals surface area contributed by atoms with E-state index in [0.29, 0.717) is 17.6 Å². The van der Waals surface area contributed by atoms with Crippen molar-refractivity contribution in [2.75, 3.05) is 6.61 Å². The number of alkyl halides is 3. The highest BCUT2D eigenvalue weighted by Crippen LogP contribution is 2.32. The van der Waals surface area contributed by atoms with Crippen molar-refractivity contribution in [2.45, 2.75) is 31.7 Å². The van der Waals surface area contributed by atoms with Gasteiger partial charge in [0.05, 0.1) is 17.3 Å². The summed E-state index contributed by atoms with van der Waals surface area (Å²) < 4.78 is 45.1. The Hall–Kier alpha value is -1.63. The van der Waals surface area contributed by atoms with Gasteiger partial charge in [-0.15, -0.1) is 0 Å². The number of ether oxygens (including phenoxy) is 1. The van der Waals surface area contributed by atoms with Crippen LogP contribution in [0.3, 0.4) is 0 Å². The first-order valence-electron chi connectivity index (χ1n) is 6.08. The van der Waals surface area contributed by atoms with Crippen molar-refractivity contribution >= 4 is 11.0 Å². The molecule has 0 aliphatic carbocycles. The molecule has 3 rings (SSSR count). The lowest BCUT2D eigenvalue weighted by Gasteiger charge is -2.23. The van der Waals surface area contributed by atoms with Crippen LogP contribution in [0.5, 0.6) is 0 Å². The fourth-order valence-corrected chi connectivity index (χ4v) is 2.23. The number of rotatable bonds is 1. The predicted molar refractivity (Wildman–Crippen MR) is 61.4 cm³/mol. The summed E-state index contributed by atoms with van der Waals surface area (Å²) in [5.74, 6) is 0. The molecule has 19 heavy (non-hydrogen) atoms. The first kappa shape index (κ1) is 12.4. The van der Waals surface area contributed by atoms with Gasteiger partial charge in [-0.25, -0.2) is 4.68 Å². The number of fused-ring (bicyclic) bond motifs is 1. The molecule has 0 aromatic carbocycles. The maximum absolute atomic E-state index is 12.7. The highest BCUT2D eigenvalue weighted by molar-refractivity contribution is 5.74. The number of aromatic nitrogens is 3. The van der Waals surface area contributed by atoms with Crippen molar-refractivity contribution in [3.8, 4) is 0 Å². The Labute approximate surface area is 107 Å². The smallest absolute Gasteiger partial charge is 0.356 e. The van der Waals surface area contributed by atoms with Gasteiger partial charge in [0, 0.05) is 12.8 Å². The number of hydrogen-bond acceptors (Lipinski definition) is 3. The Bertz CT molecular complexity index is 587. The van der Waals surface area contributed by atoms with Crippen molar-refractivity contribution in [1.82, 2.24) is 14.8 Å². The lowest BCUT2D eigenvalue weighted by Crippen LogP contribution is -2.19. The van der Waals surface area contributed by atoms with Gasteiger partial charge in [-0.2, -0.15) is 18.3 Å². The number of nitrogens with zero attached hydrogens (tertiary/aromatic N) is 3. The van der Waals surface area contributed by atoms with Crippen molar-refractivity contribution in [1.29, 1.82) is 0 Å². The molecule has 102 valence electrons. The van der Waals surface area contributed by atoms with Crippen LogP contribution in [0.25, 0.3) is 11.0 Å². The van der Waals surface area contributed by atoms with Crippen molar-refractivity contribution < 1.29 is 17.9 Å². The van der Waals surface area contributed by atoms with E-state index in [2.05, 4.69) is 10.1 Å². The summed E-state index contributed by atoms with van der Waals surface area (Å²) >= 11 is 0. The van der Waals surface area contributed by atoms with Crippen LogP contribution >= 0.6 is 0 Å². The lowest BCUT2D eigenvalue weighted by molar-refractivity contribution is -0.137. The van der Waals surface area contributed by atoms with Gasteiger partial charge < -0.3 is 4.74 Å². The summed E-state index contributed by atoms with van der Waals surface area (Å²) in [5, 5.41) is 4.10. The summed E-state index contributed by atoms with van der Waals surface area (Å²) in [6.07, 6.45) is 0.317. The summed E-state index contributed by atoms with van der Waals surface area (Å²) in [5.41, 5.74) is 0.0430. The molecular weight excluding hydrogens is 259 g/mol. The molecule has 7 heteroatoms. The topological polar surface area (TPSA) is 39.9 Å². The van der Waals surface area contributed by atoms with Crippen molar-refractivity contribution in [3.63, 3.8) is 0 Å². The Morgan fingerprint density at radius 2 is 2.11 bits per heavy atom. The van der Waals surface area contributed by atoms with Crippen LogP contribution in [0.2, 0.25) is 0 Å². The minimum Gasteiger partial charge on any atom is -0.356 e. The van der Waals surface area contributed by atoms with E-state index >= 15 is 0 Å². The van der Waals surface area contributed by atoms with Gasteiger partial charge in [0.25, 0.3) is 0 Å². The molecule has 0 radical (unpaired) electrons. The zero-order chi connectivity index (χ0) is 13.5. The van der Waals surface area contributed by atoms with Crippen molar-refractivity contribution in [2.24, 2.45) is 0 Å². The fraction of sp³-hybridized carbons (Fsp3) is 0.500. The van der Waals surface area contributed by atoms with Crippen LogP contribution in [0.4, 0.5) is 13.2 Å². The third kappa shape index (κ3) is 2.30. The van der Waals surface area contributed by atoms with Gasteiger partial charge in [0.2, 0.25) is 0 Å². The zero-order valence-electron chi connectivity index (χ0n) is 10.0. The van der Waals surface area contributed by atoms with E-state index in [-0.39, 0.29) is 6.23 Å². The maximum Gasteiger partial charge on any atom is 0.417 e. The molecule has 1 aliphatic rings. The van der Waals surface area contributed by atoms with E-state index in [1.807, 2.05) is 0 Å². The molecule has 1 saturated heterocycles. The zero-order valence-corrected chi connectivity index (χ0v) is 10.0. The summed E-state index contributed by atoms with van der Waals surface area (Å²) in [4.78, 5) is 3.80. The first-order valence-corrected chi connectivity index (χ1v) is 6.08. The number of pyridine rings is 1. The highest BCUT2D eigenvalue weighted by Gasteiger charge is 2.32. The lowest BCUT2D eigenvalue weighted by atomic mass is 10.2. The number of halogens is 3. The summed E-state index contributed by atoms with van der Waals surface area (Å²) in [6, 6.07) is 1.08. The molecule has 0 spiro atoms. The fourth-order valence-electron chi connectivity index (χ4n) is 2.23. The SMILES string of the molecule is FC(F)(F)c1cnc2cnn(C3CCCCO3)c2c1. The molecule has 0 saturated carbocycles. The largest absolute Gasteiger partial charge is 0.417 e. The maximum atomic E-state index is 12.7. The standard InChI is InChI=1S/C12H12F3N3O/c13-12(14,15)8-5-10-9(16-6-8)7-17-18(10)11-3-1-2-4-19-11/h5-7,11H,1-4H2. The van der Waals surface area contributed by atoms with Crippen LogP contribution < -0.4 is 0 Å². The molecule has 1 unspecified atom stereocenters. The quantitative estimate of drug-likeness (QED) is 0.800. The van der Waals surface area contributed by atoms with Gasteiger partial charge in [-0.3, -0.25) is 4.98 Å². The van der Waals surface area contributed by atoms with Gasteiger partial charge in [0.1, 0.15) is 5.52 Å². The van der Waals surface area contributed by atoms with Crippen LogP contribution in [-0.2, 0) is 10.9 Å². The average Bonchev–Trinajstić information content (AvgIpc) is 2.81. The second-order valence-electron chi connectivity index (χ2n) is 4.54. The Morgan fingerprint density at radius 3 is 2.79 bits per heavy atom. The summed E-state index contributed by atoms with van der Waals surface area (Å²) in [6.45, 7) is 0.610. The average molecular weight is 271 g/mol. The highest BCUT2D eigenvalue weighted by atomic mass is 19.4. The van der Waals surface area contributed by atoms with Crippen LogP contribution in [0.15, 0.2) is 18.5 Å². The Kier molecular flexibility index (Phi) is 2.93. The number of hydrogen-bond donors (Lipinski definition) is 0. The molecule has 0 N–H and O–H groups in total. The molecule has 0 bridgehead atoms. The molecular formula is C12H12F3N3O. The first-order chi connectivity index (χ1) is 9.05. The van der Waals surface area contributed by atoms with E-state index in [1.165, 1.54) is 10.9 Å². The third-order valence-corrected chi connectivity index (χ3v) is 3.20. The normalized spacial score (nSPS) is 20.9. The monoisotopic (exact) mass is 271 g/mol. The second kappa shape index (κ2) is 4.48. The molecule has 1 aliphatic heterocycles. The van der Waals surface area contributed by atoms with E-state index < -0.39 is 11.7 Å². The van der Waals surface area contributed by atoms with E-state index in [4.69, 9.17) is 4.74 Å². The molecule has 1 atom stereocenters. The van der Waals surface area contributed by atoms with E-state index in [0.717, 1.165) is 31.5 Å². The molecule has 1 fully saturated rings. The molecule has 4 nitrogen and oxygen atoms in total. The van der Waals surface area contributed by atoms with Crippen molar-refractivity contribution in [3.05, 3.63) is 24.0 Å². The van der Waals surface area contributed by atoms with E-state index in [1.54, 1.807) is 0 Å². The third-order valence-electron chi connectivity index (χ3n) is 3.20. The van der Waals surface area contributed by atoms with Gasteiger partial charge in [0.15, 0.2) is 6.23 Å². The van der Waals surface area contributed by atoms with Gasteiger partial charge in [-0.05, 0) is 25.3 Å². The van der Waals surface area contributed by atoms with Crippen LogP contribution in [0, 0.1) is 0 Å². The minimum absolute atomic E-state index is 0.295. The van der Waals surface area contributed by atoms with Crippen LogP contribution in [-0.4, -0.2) is 21.4 Å². The second-order valence-corrected chi connectivity index (χ2v) is 4.54. The minimum atomic E-state index is -4.40. The van der Waals surface area contributed by atoms with Gasteiger partial charge in [-0.1, -0.05) is 0 Å².